The van der Waals surface area contributed by atoms with E-state index in [0.29, 0.717) is 6.04 Å². The van der Waals surface area contributed by atoms with Crippen LogP contribution in [-0.2, 0) is 11.3 Å². The second-order valence-corrected chi connectivity index (χ2v) is 7.96. The molecule has 2 fully saturated rings. The Bertz CT molecular complexity index is 511. The highest BCUT2D eigenvalue weighted by atomic mass is 79.9. The summed E-state index contributed by atoms with van der Waals surface area (Å²) in [7, 11) is 0. The van der Waals surface area contributed by atoms with E-state index in [1.807, 2.05) is 0 Å². The monoisotopic (exact) mass is 378 g/mol. The largest absolute Gasteiger partial charge is 0.353 e. The number of carbonyl (C=O) groups is 1. The number of nitrogens with zero attached hydrogens (tertiary/aromatic N) is 1. The van der Waals surface area contributed by atoms with Crippen LogP contribution >= 0.6 is 15.9 Å². The van der Waals surface area contributed by atoms with Crippen LogP contribution in [0.5, 0.6) is 0 Å². The molecule has 126 valence electrons. The SMILES string of the molecule is O=C(NC1CCCCC1)C1CCCN(Cc2ccc(Br)cc2)C1. The van der Waals surface area contributed by atoms with Crippen LogP contribution in [0.1, 0.15) is 50.5 Å². The van der Waals surface area contributed by atoms with Gasteiger partial charge in [-0.15, -0.1) is 0 Å². The van der Waals surface area contributed by atoms with Crippen molar-refractivity contribution >= 4 is 21.8 Å². The summed E-state index contributed by atoms with van der Waals surface area (Å²) in [5, 5.41) is 3.31. The molecule has 0 radical (unpaired) electrons. The first-order valence-electron chi connectivity index (χ1n) is 8.98. The summed E-state index contributed by atoms with van der Waals surface area (Å²) in [4.78, 5) is 15.0. The van der Waals surface area contributed by atoms with E-state index in [1.54, 1.807) is 0 Å². The third kappa shape index (κ3) is 5.05. The van der Waals surface area contributed by atoms with E-state index in [2.05, 4.69) is 50.4 Å². The standard InChI is InChI=1S/C19H27BrN2O/c20-17-10-8-15(9-11-17)13-22-12-4-5-16(14-22)19(23)21-18-6-2-1-3-7-18/h8-11,16,18H,1-7,12-14H2,(H,21,23). The van der Waals surface area contributed by atoms with Gasteiger partial charge in [0.05, 0.1) is 5.92 Å². The Kier molecular flexibility index (Phi) is 6.12. The first kappa shape index (κ1) is 17.0. The van der Waals surface area contributed by atoms with Gasteiger partial charge in [0.1, 0.15) is 0 Å². The van der Waals surface area contributed by atoms with Crippen molar-refractivity contribution < 1.29 is 4.79 Å². The number of benzene rings is 1. The van der Waals surface area contributed by atoms with Crippen LogP contribution in [0.15, 0.2) is 28.7 Å². The van der Waals surface area contributed by atoms with E-state index in [9.17, 15) is 4.79 Å². The highest BCUT2D eigenvalue weighted by Crippen LogP contribution is 2.22. The average Bonchev–Trinajstić information content (AvgIpc) is 2.58. The minimum Gasteiger partial charge on any atom is -0.353 e. The van der Waals surface area contributed by atoms with E-state index in [-0.39, 0.29) is 11.8 Å². The number of amides is 1. The van der Waals surface area contributed by atoms with Crippen LogP contribution in [-0.4, -0.2) is 29.9 Å². The number of likely N-dealkylation sites (tertiary alicyclic amines) is 1. The molecule has 0 spiro atoms. The maximum absolute atomic E-state index is 12.6. The Morgan fingerprint density at radius 1 is 1.09 bits per heavy atom. The van der Waals surface area contributed by atoms with E-state index in [1.165, 1.54) is 37.7 Å². The van der Waals surface area contributed by atoms with E-state index in [4.69, 9.17) is 0 Å². The lowest BCUT2D eigenvalue weighted by Gasteiger charge is -2.33. The summed E-state index contributed by atoms with van der Waals surface area (Å²) < 4.78 is 1.12. The Morgan fingerprint density at radius 2 is 1.83 bits per heavy atom. The van der Waals surface area contributed by atoms with Gasteiger partial charge in [-0.3, -0.25) is 9.69 Å². The predicted octanol–water partition coefficient (Wildman–Crippen LogP) is 4.11. The van der Waals surface area contributed by atoms with Gasteiger partial charge in [0.15, 0.2) is 0 Å². The summed E-state index contributed by atoms with van der Waals surface area (Å²) in [5.41, 5.74) is 1.32. The number of piperidine rings is 1. The summed E-state index contributed by atoms with van der Waals surface area (Å²) in [5.74, 6) is 0.457. The number of nitrogens with one attached hydrogen (secondary N) is 1. The normalized spacial score (nSPS) is 23.6. The molecule has 3 nitrogen and oxygen atoms in total. The molecule has 1 heterocycles. The van der Waals surface area contributed by atoms with Gasteiger partial charge in [-0.25, -0.2) is 0 Å². The number of hydrogen-bond acceptors (Lipinski definition) is 2. The average molecular weight is 379 g/mol. The molecule has 23 heavy (non-hydrogen) atoms. The Balaban J connectivity index is 1.50. The lowest BCUT2D eigenvalue weighted by molar-refractivity contribution is -0.127. The zero-order valence-electron chi connectivity index (χ0n) is 13.8. The molecule has 3 rings (SSSR count). The molecule has 1 unspecified atom stereocenters. The van der Waals surface area contributed by atoms with Crippen molar-refractivity contribution in [1.82, 2.24) is 10.2 Å². The van der Waals surface area contributed by atoms with Gasteiger partial charge in [0.2, 0.25) is 5.91 Å². The maximum atomic E-state index is 12.6. The van der Waals surface area contributed by atoms with Gasteiger partial charge in [-0.2, -0.15) is 0 Å². The highest BCUT2D eigenvalue weighted by Gasteiger charge is 2.27. The van der Waals surface area contributed by atoms with Crippen LogP contribution in [0.2, 0.25) is 0 Å². The molecule has 1 saturated carbocycles. The lowest BCUT2D eigenvalue weighted by atomic mass is 9.93. The molecule has 1 aromatic carbocycles. The van der Waals surface area contributed by atoms with Crippen molar-refractivity contribution in [1.29, 1.82) is 0 Å². The fraction of sp³-hybridized carbons (Fsp3) is 0.632. The molecule has 1 aromatic rings. The van der Waals surface area contributed by atoms with Gasteiger partial charge in [-0.1, -0.05) is 47.3 Å². The van der Waals surface area contributed by atoms with Gasteiger partial charge < -0.3 is 5.32 Å². The van der Waals surface area contributed by atoms with Crippen LogP contribution in [0.3, 0.4) is 0 Å². The van der Waals surface area contributed by atoms with E-state index >= 15 is 0 Å². The van der Waals surface area contributed by atoms with Crippen LogP contribution < -0.4 is 5.32 Å². The van der Waals surface area contributed by atoms with E-state index < -0.39 is 0 Å². The van der Waals surface area contributed by atoms with Crippen LogP contribution in [0.4, 0.5) is 0 Å². The molecule has 1 aliphatic carbocycles. The molecule has 1 atom stereocenters. The molecular weight excluding hydrogens is 352 g/mol. The number of carbonyl (C=O) groups excluding carboxylic acids is 1. The topological polar surface area (TPSA) is 32.3 Å². The molecule has 1 saturated heterocycles. The van der Waals surface area contributed by atoms with Gasteiger partial charge in [-0.05, 0) is 49.9 Å². The summed E-state index contributed by atoms with van der Waals surface area (Å²) in [6, 6.07) is 8.93. The first-order valence-corrected chi connectivity index (χ1v) is 9.77. The zero-order valence-corrected chi connectivity index (χ0v) is 15.4. The zero-order chi connectivity index (χ0) is 16.1. The second-order valence-electron chi connectivity index (χ2n) is 7.04. The third-order valence-electron chi connectivity index (χ3n) is 5.15. The quantitative estimate of drug-likeness (QED) is 0.854. The van der Waals surface area contributed by atoms with Crippen molar-refractivity contribution in [3.8, 4) is 0 Å². The molecule has 2 aliphatic rings. The molecule has 1 aliphatic heterocycles. The number of halogens is 1. The molecular formula is C19H27BrN2O. The summed E-state index contributed by atoms with van der Waals surface area (Å²) in [6.07, 6.45) is 8.37. The third-order valence-corrected chi connectivity index (χ3v) is 5.68. The van der Waals surface area contributed by atoms with Crippen molar-refractivity contribution in [3.05, 3.63) is 34.3 Å². The van der Waals surface area contributed by atoms with Crippen molar-refractivity contribution in [2.45, 2.75) is 57.5 Å². The van der Waals surface area contributed by atoms with E-state index in [0.717, 1.165) is 36.9 Å². The van der Waals surface area contributed by atoms with Crippen LogP contribution in [0.25, 0.3) is 0 Å². The maximum Gasteiger partial charge on any atom is 0.224 e. The fourth-order valence-corrected chi connectivity index (χ4v) is 4.09. The highest BCUT2D eigenvalue weighted by molar-refractivity contribution is 9.10. The number of rotatable bonds is 4. The second kappa shape index (κ2) is 8.29. The minimum absolute atomic E-state index is 0.168. The predicted molar refractivity (Wildman–Crippen MR) is 97.2 cm³/mol. The van der Waals surface area contributed by atoms with Gasteiger partial charge >= 0.3 is 0 Å². The Hall–Kier alpha value is -0.870. The van der Waals surface area contributed by atoms with Gasteiger partial charge in [0, 0.05) is 23.6 Å². The smallest absolute Gasteiger partial charge is 0.224 e. The molecule has 0 bridgehead atoms. The molecule has 1 N–H and O–H groups in total. The Morgan fingerprint density at radius 3 is 2.57 bits per heavy atom. The van der Waals surface area contributed by atoms with Crippen molar-refractivity contribution in [3.63, 3.8) is 0 Å². The molecule has 1 amide bonds. The molecule has 4 heteroatoms. The fourth-order valence-electron chi connectivity index (χ4n) is 3.83. The van der Waals surface area contributed by atoms with Crippen LogP contribution in [0, 0.1) is 5.92 Å². The first-order chi connectivity index (χ1) is 11.2. The van der Waals surface area contributed by atoms with Gasteiger partial charge in [0.25, 0.3) is 0 Å². The number of hydrogen-bond donors (Lipinski definition) is 1. The Labute approximate surface area is 148 Å². The molecule has 0 aromatic heterocycles. The van der Waals surface area contributed by atoms with Crippen molar-refractivity contribution in [2.24, 2.45) is 5.92 Å². The van der Waals surface area contributed by atoms with Crippen molar-refractivity contribution in [2.75, 3.05) is 13.1 Å². The summed E-state index contributed by atoms with van der Waals surface area (Å²) in [6.45, 7) is 2.94. The lowest BCUT2D eigenvalue weighted by Crippen LogP contribution is -2.46. The minimum atomic E-state index is 0.168. The summed E-state index contributed by atoms with van der Waals surface area (Å²) >= 11 is 3.48.